The normalized spacial score (nSPS) is 14.3. The lowest BCUT2D eigenvalue weighted by atomic mass is 10.1. The van der Waals surface area contributed by atoms with Gasteiger partial charge in [0.15, 0.2) is 11.5 Å². The van der Waals surface area contributed by atoms with E-state index >= 15 is 0 Å². The Morgan fingerprint density at radius 3 is 2.43 bits per heavy atom. The van der Waals surface area contributed by atoms with E-state index in [9.17, 15) is 14.9 Å². The lowest BCUT2D eigenvalue weighted by Crippen LogP contribution is -2.46. The summed E-state index contributed by atoms with van der Waals surface area (Å²) in [6, 6.07) is 7.54. The number of hydrogen-bond acceptors (Lipinski definition) is 6. The summed E-state index contributed by atoms with van der Waals surface area (Å²) in [4.78, 5) is 27.3. The fourth-order valence-electron chi connectivity index (χ4n) is 2.94. The van der Waals surface area contributed by atoms with Gasteiger partial charge in [-0.25, -0.2) is 0 Å². The van der Waals surface area contributed by atoms with Gasteiger partial charge in [-0.3, -0.25) is 9.59 Å². The van der Waals surface area contributed by atoms with Crippen LogP contribution >= 0.6 is 0 Å². The van der Waals surface area contributed by atoms with Crippen molar-refractivity contribution in [1.29, 1.82) is 5.26 Å². The number of amides is 2. The van der Waals surface area contributed by atoms with Gasteiger partial charge in [-0.15, -0.1) is 0 Å². The standard InChI is InChI=1S/C20H26N4O4/c1-15(25)24-10-8-23(9-11-24)14-17(13-21)20(26)22-7-6-16-4-5-18(27-2)19(12-16)28-3/h4-5,12,14H,6-11H2,1-3H3,(H,22,26)/b17-14-. The molecule has 0 unspecified atom stereocenters. The van der Waals surface area contributed by atoms with Gasteiger partial charge < -0.3 is 24.6 Å². The minimum absolute atomic E-state index is 0.0389. The highest BCUT2D eigenvalue weighted by atomic mass is 16.5. The summed E-state index contributed by atoms with van der Waals surface area (Å²) in [5.74, 6) is 0.914. The average Bonchev–Trinajstić information content (AvgIpc) is 2.71. The molecule has 2 amide bonds. The van der Waals surface area contributed by atoms with Crippen molar-refractivity contribution in [2.75, 3.05) is 46.9 Å². The van der Waals surface area contributed by atoms with E-state index in [4.69, 9.17) is 9.47 Å². The van der Waals surface area contributed by atoms with Gasteiger partial charge in [-0.2, -0.15) is 5.26 Å². The zero-order valence-electron chi connectivity index (χ0n) is 16.5. The molecule has 1 saturated heterocycles. The summed E-state index contributed by atoms with van der Waals surface area (Å²) in [7, 11) is 3.15. The lowest BCUT2D eigenvalue weighted by molar-refractivity contribution is -0.130. The SMILES string of the molecule is COc1ccc(CCNC(=O)/C(C#N)=C\N2CCN(C(C)=O)CC2)cc1OC. The van der Waals surface area contributed by atoms with Crippen molar-refractivity contribution in [3.05, 3.63) is 35.5 Å². The molecule has 1 N–H and O–H groups in total. The van der Waals surface area contributed by atoms with Gasteiger partial charge in [0, 0.05) is 45.8 Å². The van der Waals surface area contributed by atoms with Crippen LogP contribution in [-0.2, 0) is 16.0 Å². The smallest absolute Gasteiger partial charge is 0.263 e. The molecule has 0 spiro atoms. The average molecular weight is 386 g/mol. The van der Waals surface area contributed by atoms with Crippen molar-refractivity contribution >= 4 is 11.8 Å². The first-order valence-corrected chi connectivity index (χ1v) is 9.09. The number of rotatable bonds is 7. The number of piperazine rings is 1. The Kier molecular flexibility index (Phi) is 7.69. The van der Waals surface area contributed by atoms with E-state index < -0.39 is 5.91 Å². The number of benzene rings is 1. The van der Waals surface area contributed by atoms with Crippen LogP contribution in [0.25, 0.3) is 0 Å². The maximum Gasteiger partial charge on any atom is 0.263 e. The molecule has 8 nitrogen and oxygen atoms in total. The number of carbonyl (C=O) groups excluding carboxylic acids is 2. The minimum atomic E-state index is -0.406. The Morgan fingerprint density at radius 1 is 1.18 bits per heavy atom. The van der Waals surface area contributed by atoms with Crippen molar-refractivity contribution in [3.8, 4) is 17.6 Å². The Bertz CT molecular complexity index is 777. The number of nitriles is 1. The van der Waals surface area contributed by atoms with Crippen molar-refractivity contribution < 1.29 is 19.1 Å². The van der Waals surface area contributed by atoms with Crippen LogP contribution in [0.2, 0.25) is 0 Å². The predicted octanol–water partition coefficient (Wildman–Crippen LogP) is 0.934. The maximum absolute atomic E-state index is 12.3. The van der Waals surface area contributed by atoms with Gasteiger partial charge in [-0.05, 0) is 24.1 Å². The summed E-state index contributed by atoms with van der Waals surface area (Å²) in [6.45, 7) is 4.31. The summed E-state index contributed by atoms with van der Waals surface area (Å²) in [5.41, 5.74) is 1.05. The number of nitrogens with zero attached hydrogens (tertiary/aromatic N) is 3. The first kappa shape index (κ1) is 21.1. The van der Waals surface area contributed by atoms with Crippen LogP contribution < -0.4 is 14.8 Å². The van der Waals surface area contributed by atoms with Crippen molar-refractivity contribution in [3.63, 3.8) is 0 Å². The number of nitrogens with one attached hydrogen (secondary N) is 1. The molecule has 28 heavy (non-hydrogen) atoms. The molecule has 150 valence electrons. The van der Waals surface area contributed by atoms with E-state index in [1.54, 1.807) is 25.3 Å². The van der Waals surface area contributed by atoms with Gasteiger partial charge in [0.2, 0.25) is 5.91 Å². The molecular weight excluding hydrogens is 360 g/mol. The van der Waals surface area contributed by atoms with Crippen LogP contribution in [0, 0.1) is 11.3 Å². The molecule has 0 atom stereocenters. The maximum atomic E-state index is 12.3. The highest BCUT2D eigenvalue weighted by Crippen LogP contribution is 2.27. The minimum Gasteiger partial charge on any atom is -0.493 e. The quantitative estimate of drug-likeness (QED) is 0.553. The van der Waals surface area contributed by atoms with E-state index in [2.05, 4.69) is 5.32 Å². The molecular formula is C20H26N4O4. The van der Waals surface area contributed by atoms with E-state index in [1.165, 1.54) is 6.92 Å². The van der Waals surface area contributed by atoms with Crippen molar-refractivity contribution in [2.45, 2.75) is 13.3 Å². The van der Waals surface area contributed by atoms with Gasteiger partial charge in [0.05, 0.1) is 14.2 Å². The first-order chi connectivity index (χ1) is 13.5. The van der Waals surface area contributed by atoms with Crippen LogP contribution in [0.4, 0.5) is 0 Å². The van der Waals surface area contributed by atoms with Crippen molar-refractivity contribution in [2.24, 2.45) is 0 Å². The first-order valence-electron chi connectivity index (χ1n) is 9.09. The molecule has 1 aromatic rings. The van der Waals surface area contributed by atoms with Crippen molar-refractivity contribution in [1.82, 2.24) is 15.1 Å². The third-order valence-corrected chi connectivity index (χ3v) is 4.58. The zero-order valence-corrected chi connectivity index (χ0v) is 16.5. The molecule has 1 fully saturated rings. The lowest BCUT2D eigenvalue weighted by Gasteiger charge is -2.33. The molecule has 1 heterocycles. The van der Waals surface area contributed by atoms with Crippen LogP contribution in [0.1, 0.15) is 12.5 Å². The molecule has 2 rings (SSSR count). The molecule has 0 aromatic heterocycles. The Balaban J connectivity index is 1.87. The van der Waals surface area contributed by atoms with Gasteiger partial charge >= 0.3 is 0 Å². The van der Waals surface area contributed by atoms with Crippen LogP contribution in [-0.4, -0.2) is 68.6 Å². The molecule has 1 aliphatic heterocycles. The van der Waals surface area contributed by atoms with Crippen LogP contribution in [0.15, 0.2) is 30.0 Å². The number of methoxy groups -OCH3 is 2. The van der Waals surface area contributed by atoms with Gasteiger partial charge in [0.25, 0.3) is 5.91 Å². The largest absolute Gasteiger partial charge is 0.493 e. The third-order valence-electron chi connectivity index (χ3n) is 4.58. The number of carbonyl (C=O) groups is 2. The molecule has 0 aliphatic carbocycles. The van der Waals surface area contributed by atoms with E-state index in [0.29, 0.717) is 50.6 Å². The molecule has 1 aliphatic rings. The summed E-state index contributed by atoms with van der Waals surface area (Å²) in [5, 5.41) is 12.1. The molecule has 0 radical (unpaired) electrons. The molecule has 1 aromatic carbocycles. The van der Waals surface area contributed by atoms with Crippen LogP contribution in [0.5, 0.6) is 11.5 Å². The highest BCUT2D eigenvalue weighted by Gasteiger charge is 2.18. The van der Waals surface area contributed by atoms with E-state index in [0.717, 1.165) is 5.56 Å². The fourth-order valence-corrected chi connectivity index (χ4v) is 2.94. The van der Waals surface area contributed by atoms with Gasteiger partial charge in [-0.1, -0.05) is 6.07 Å². The Morgan fingerprint density at radius 2 is 1.86 bits per heavy atom. The summed E-state index contributed by atoms with van der Waals surface area (Å²) < 4.78 is 10.5. The number of hydrogen-bond donors (Lipinski definition) is 1. The predicted molar refractivity (Wildman–Crippen MR) is 104 cm³/mol. The summed E-state index contributed by atoms with van der Waals surface area (Å²) in [6.07, 6.45) is 2.17. The molecule has 0 bridgehead atoms. The number of ether oxygens (including phenoxy) is 2. The zero-order chi connectivity index (χ0) is 20.5. The fraction of sp³-hybridized carbons (Fsp3) is 0.450. The van der Waals surface area contributed by atoms with Gasteiger partial charge in [0.1, 0.15) is 11.6 Å². The highest BCUT2D eigenvalue weighted by molar-refractivity contribution is 5.97. The molecule has 8 heteroatoms. The second-order valence-corrected chi connectivity index (χ2v) is 6.39. The van der Waals surface area contributed by atoms with E-state index in [1.807, 2.05) is 29.2 Å². The summed E-state index contributed by atoms with van der Waals surface area (Å²) >= 11 is 0. The molecule has 0 saturated carbocycles. The van der Waals surface area contributed by atoms with E-state index in [-0.39, 0.29) is 11.5 Å². The second kappa shape index (κ2) is 10.2. The Labute approximate surface area is 165 Å². The second-order valence-electron chi connectivity index (χ2n) is 6.39. The monoisotopic (exact) mass is 386 g/mol. The Hall–Kier alpha value is -3.21. The topological polar surface area (TPSA) is 94.9 Å². The van der Waals surface area contributed by atoms with Crippen LogP contribution in [0.3, 0.4) is 0 Å². The third kappa shape index (κ3) is 5.64.